The average molecular weight is 505 g/mol. The van der Waals surface area contributed by atoms with E-state index in [1.165, 1.54) is 60.1 Å². The van der Waals surface area contributed by atoms with Gasteiger partial charge in [-0.05, 0) is 91.5 Å². The van der Waals surface area contributed by atoms with E-state index < -0.39 is 0 Å². The van der Waals surface area contributed by atoms with Gasteiger partial charge in [-0.1, -0.05) is 115 Å². The van der Waals surface area contributed by atoms with E-state index in [9.17, 15) is 0 Å². The number of allylic oxidation sites excluding steroid dienone is 1. The molecule has 0 heterocycles. The zero-order chi connectivity index (χ0) is 26.3. The number of hydrogen-bond acceptors (Lipinski definition) is 2. The molecule has 0 spiro atoms. The molecule has 190 valence electrons. The van der Waals surface area contributed by atoms with Crippen molar-refractivity contribution in [3.8, 4) is 11.1 Å². The molecule has 0 aliphatic heterocycles. The molecule has 2 nitrogen and oxygen atoms in total. The molecule has 7 rings (SSSR count). The van der Waals surface area contributed by atoms with Gasteiger partial charge in [-0.2, -0.15) is 0 Å². The van der Waals surface area contributed by atoms with Gasteiger partial charge in [0, 0.05) is 6.04 Å². The second-order valence-electron chi connectivity index (χ2n) is 10.7. The molecule has 1 aliphatic rings. The molecular weight excluding hydrogens is 472 g/mol. The molecule has 2 unspecified atom stereocenters. The summed E-state index contributed by atoms with van der Waals surface area (Å²) in [7, 11) is 0. The van der Waals surface area contributed by atoms with Crippen molar-refractivity contribution in [1.82, 2.24) is 5.32 Å². The van der Waals surface area contributed by atoms with Crippen LogP contribution in [0.3, 0.4) is 0 Å². The molecule has 0 saturated heterocycles. The summed E-state index contributed by atoms with van der Waals surface area (Å²) >= 11 is 0. The maximum atomic E-state index is 6.67. The van der Waals surface area contributed by atoms with Crippen molar-refractivity contribution in [2.24, 2.45) is 5.73 Å². The van der Waals surface area contributed by atoms with Crippen molar-refractivity contribution in [3.63, 3.8) is 0 Å². The Kier molecular flexibility index (Phi) is 6.00. The highest BCUT2D eigenvalue weighted by Gasteiger charge is 2.15. The van der Waals surface area contributed by atoms with Gasteiger partial charge in [0.15, 0.2) is 0 Å². The van der Waals surface area contributed by atoms with Gasteiger partial charge < -0.3 is 5.73 Å². The minimum absolute atomic E-state index is 0.106. The molecule has 0 saturated carbocycles. The highest BCUT2D eigenvalue weighted by molar-refractivity contribution is 6.10. The summed E-state index contributed by atoms with van der Waals surface area (Å²) in [6.07, 6.45) is 6.59. The summed E-state index contributed by atoms with van der Waals surface area (Å²) in [6.45, 7) is 2.20. The van der Waals surface area contributed by atoms with Crippen LogP contribution in [0.4, 0.5) is 0 Å². The number of nitrogens with two attached hydrogens (primary N) is 1. The van der Waals surface area contributed by atoms with Crippen LogP contribution >= 0.6 is 0 Å². The molecule has 1 aliphatic carbocycles. The fourth-order valence-corrected chi connectivity index (χ4v) is 6.15. The molecular formula is C37H32N2. The topological polar surface area (TPSA) is 38.0 Å². The predicted octanol–water partition coefficient (Wildman–Crippen LogP) is 9.08. The Balaban J connectivity index is 1.15. The lowest BCUT2D eigenvalue weighted by atomic mass is 9.89. The molecule has 3 N–H and O–H groups in total. The number of nitrogens with one attached hydrogen (secondary N) is 1. The van der Waals surface area contributed by atoms with Gasteiger partial charge in [0.2, 0.25) is 0 Å². The number of hydrogen-bond donors (Lipinski definition) is 2. The Morgan fingerprint density at radius 3 is 2.31 bits per heavy atom. The predicted molar refractivity (Wildman–Crippen MR) is 167 cm³/mol. The molecule has 0 aromatic heterocycles. The summed E-state index contributed by atoms with van der Waals surface area (Å²) in [6, 6.07) is 39.7. The first kappa shape index (κ1) is 23.8. The normalized spacial score (nSPS) is 14.5. The summed E-state index contributed by atoms with van der Waals surface area (Å²) in [4.78, 5) is 0. The Hall–Kier alpha value is -4.24. The van der Waals surface area contributed by atoms with Crippen LogP contribution in [-0.4, -0.2) is 0 Å². The van der Waals surface area contributed by atoms with Crippen molar-refractivity contribution >= 4 is 38.4 Å². The maximum absolute atomic E-state index is 6.67. The Morgan fingerprint density at radius 2 is 1.41 bits per heavy atom. The van der Waals surface area contributed by atoms with Crippen LogP contribution in [0.2, 0.25) is 0 Å². The van der Waals surface area contributed by atoms with Crippen molar-refractivity contribution in [1.29, 1.82) is 0 Å². The van der Waals surface area contributed by atoms with Crippen molar-refractivity contribution in [2.75, 3.05) is 0 Å². The summed E-state index contributed by atoms with van der Waals surface area (Å²) < 4.78 is 0. The molecule has 0 radical (unpaired) electrons. The van der Waals surface area contributed by atoms with Crippen molar-refractivity contribution in [2.45, 2.75) is 32.0 Å². The summed E-state index contributed by atoms with van der Waals surface area (Å²) in [5, 5.41) is 11.4. The minimum Gasteiger partial charge on any atom is -0.312 e. The highest BCUT2D eigenvalue weighted by Crippen LogP contribution is 2.34. The van der Waals surface area contributed by atoms with Crippen molar-refractivity contribution in [3.05, 3.63) is 138 Å². The van der Waals surface area contributed by atoms with Crippen LogP contribution in [0.15, 0.2) is 115 Å². The van der Waals surface area contributed by atoms with E-state index in [0.717, 1.165) is 18.4 Å². The number of rotatable bonds is 5. The first-order valence-electron chi connectivity index (χ1n) is 13.9. The third kappa shape index (κ3) is 4.32. The second kappa shape index (κ2) is 9.81. The quantitative estimate of drug-likeness (QED) is 0.181. The van der Waals surface area contributed by atoms with E-state index >= 15 is 0 Å². The summed E-state index contributed by atoms with van der Waals surface area (Å²) in [5.41, 5.74) is 14.3. The smallest absolute Gasteiger partial charge is 0.0814 e. The molecule has 0 fully saturated rings. The molecule has 6 aromatic carbocycles. The first-order chi connectivity index (χ1) is 19.2. The molecule has 6 aromatic rings. The second-order valence-corrected chi connectivity index (χ2v) is 10.7. The highest BCUT2D eigenvalue weighted by atomic mass is 15.0. The lowest BCUT2D eigenvalue weighted by molar-refractivity contribution is 0.479. The van der Waals surface area contributed by atoms with Crippen LogP contribution < -0.4 is 11.1 Å². The average Bonchev–Trinajstić information content (AvgIpc) is 3.00. The molecule has 0 bridgehead atoms. The van der Waals surface area contributed by atoms with Gasteiger partial charge in [-0.25, -0.2) is 0 Å². The van der Waals surface area contributed by atoms with Crippen molar-refractivity contribution < 1.29 is 0 Å². The SMILES string of the molecule is CC(NC(N)c1ccc(-c2cccc3ccccc23)cc1)c1ccc2ccc3c4c(ccc3c2c1)CCC=C4. The molecule has 0 amide bonds. The van der Waals surface area contributed by atoms with Gasteiger partial charge in [0.1, 0.15) is 0 Å². The van der Waals surface area contributed by atoms with E-state index in [4.69, 9.17) is 5.73 Å². The fraction of sp³-hybridized carbons (Fsp3) is 0.135. The first-order valence-corrected chi connectivity index (χ1v) is 13.9. The monoisotopic (exact) mass is 504 g/mol. The van der Waals surface area contributed by atoms with Gasteiger partial charge in [-0.3, -0.25) is 5.32 Å². The molecule has 39 heavy (non-hydrogen) atoms. The van der Waals surface area contributed by atoms with Gasteiger partial charge in [0.05, 0.1) is 6.17 Å². The van der Waals surface area contributed by atoms with Crippen LogP contribution in [0.1, 0.15) is 47.8 Å². The summed E-state index contributed by atoms with van der Waals surface area (Å²) in [5.74, 6) is 0. The van der Waals surface area contributed by atoms with E-state index in [1.54, 1.807) is 0 Å². The number of aryl methyl sites for hydroxylation is 1. The van der Waals surface area contributed by atoms with Gasteiger partial charge in [0.25, 0.3) is 0 Å². The van der Waals surface area contributed by atoms with Crippen LogP contribution in [-0.2, 0) is 6.42 Å². The number of fused-ring (bicyclic) bond motifs is 6. The van der Waals surface area contributed by atoms with E-state index in [1.807, 2.05) is 0 Å². The molecule has 2 heteroatoms. The van der Waals surface area contributed by atoms with E-state index in [2.05, 4.69) is 134 Å². The lowest BCUT2D eigenvalue weighted by Gasteiger charge is -2.22. The number of benzene rings is 6. The zero-order valence-corrected chi connectivity index (χ0v) is 22.2. The van der Waals surface area contributed by atoms with Crippen LogP contribution in [0, 0.1) is 0 Å². The van der Waals surface area contributed by atoms with E-state index in [0.29, 0.717) is 0 Å². The molecule has 2 atom stereocenters. The Labute approximate surface area is 229 Å². The zero-order valence-electron chi connectivity index (χ0n) is 22.2. The third-order valence-corrected chi connectivity index (χ3v) is 8.34. The van der Waals surface area contributed by atoms with Crippen LogP contribution in [0.25, 0.3) is 49.5 Å². The Morgan fingerprint density at radius 1 is 0.667 bits per heavy atom. The van der Waals surface area contributed by atoms with E-state index in [-0.39, 0.29) is 12.2 Å². The van der Waals surface area contributed by atoms with Gasteiger partial charge >= 0.3 is 0 Å². The lowest BCUT2D eigenvalue weighted by Crippen LogP contribution is -2.31. The largest absolute Gasteiger partial charge is 0.312 e. The van der Waals surface area contributed by atoms with Crippen LogP contribution in [0.5, 0.6) is 0 Å². The third-order valence-electron chi connectivity index (χ3n) is 8.34. The minimum atomic E-state index is -0.262. The fourth-order valence-electron chi connectivity index (χ4n) is 6.15. The Bertz CT molecular complexity index is 1860. The maximum Gasteiger partial charge on any atom is 0.0814 e. The standard InChI is InChI=1S/C37H32N2/c1-24(30-18-15-28-20-21-34-33-11-5-3-8-26(33)19-22-35(34)36(28)23-30)39-37(38)29-16-13-27(14-17-29)32-12-6-9-25-7-2-4-10-31(25)32/h2,4-7,9-24,37,39H,3,8,38H2,1H3. The van der Waals surface area contributed by atoms with Gasteiger partial charge in [-0.15, -0.1) is 0 Å².